The van der Waals surface area contributed by atoms with E-state index in [1.54, 1.807) is 4.90 Å². The Labute approximate surface area is 116 Å². The average molecular weight is 268 g/mol. The molecule has 19 heavy (non-hydrogen) atoms. The summed E-state index contributed by atoms with van der Waals surface area (Å²) < 4.78 is 0. The van der Waals surface area contributed by atoms with Gasteiger partial charge in [-0.25, -0.2) is 0 Å². The zero-order chi connectivity index (χ0) is 14.1. The molecule has 0 saturated carbocycles. The van der Waals surface area contributed by atoms with Crippen molar-refractivity contribution in [2.75, 3.05) is 13.1 Å². The number of hydrogen-bond acceptors (Lipinski definition) is 2. The summed E-state index contributed by atoms with van der Waals surface area (Å²) in [5.41, 5.74) is 0. The molecule has 2 amide bonds. The summed E-state index contributed by atoms with van der Waals surface area (Å²) in [6.07, 6.45) is 9.32. The van der Waals surface area contributed by atoms with Crippen LogP contribution >= 0.6 is 0 Å². The quantitative estimate of drug-likeness (QED) is 0.653. The first-order valence-corrected chi connectivity index (χ1v) is 7.77. The van der Waals surface area contributed by atoms with E-state index in [1.807, 2.05) is 6.92 Å². The maximum Gasteiger partial charge on any atom is 0.243 e. The van der Waals surface area contributed by atoms with Crippen LogP contribution < -0.4 is 5.32 Å². The maximum absolute atomic E-state index is 11.8. The molecule has 0 radical (unpaired) electrons. The van der Waals surface area contributed by atoms with Gasteiger partial charge >= 0.3 is 0 Å². The number of carbonyl (C=O) groups is 2. The van der Waals surface area contributed by atoms with Crippen molar-refractivity contribution in [2.24, 2.45) is 0 Å². The lowest BCUT2D eigenvalue weighted by molar-refractivity contribution is -0.145. The highest BCUT2D eigenvalue weighted by atomic mass is 16.2. The van der Waals surface area contributed by atoms with Crippen LogP contribution in [0.3, 0.4) is 0 Å². The van der Waals surface area contributed by atoms with Crippen molar-refractivity contribution in [1.82, 2.24) is 10.2 Å². The van der Waals surface area contributed by atoms with Crippen LogP contribution in [0.2, 0.25) is 0 Å². The zero-order valence-corrected chi connectivity index (χ0v) is 12.4. The first-order valence-electron chi connectivity index (χ1n) is 7.77. The van der Waals surface area contributed by atoms with Crippen LogP contribution in [-0.4, -0.2) is 35.8 Å². The Morgan fingerprint density at radius 3 is 2.32 bits per heavy atom. The third-order valence-electron chi connectivity index (χ3n) is 3.80. The van der Waals surface area contributed by atoms with Gasteiger partial charge in [-0.1, -0.05) is 52.4 Å². The molecule has 1 aliphatic heterocycles. The molecule has 4 heteroatoms. The van der Waals surface area contributed by atoms with Gasteiger partial charge in [0.2, 0.25) is 11.8 Å². The van der Waals surface area contributed by atoms with Crippen LogP contribution in [-0.2, 0) is 9.59 Å². The molecule has 110 valence electrons. The number of carbonyl (C=O) groups excluding carboxylic acids is 2. The molecule has 0 bridgehead atoms. The number of unbranched alkanes of at least 4 members (excludes halogenated alkanes) is 6. The number of nitrogens with one attached hydrogen (secondary N) is 1. The summed E-state index contributed by atoms with van der Waals surface area (Å²) in [5.74, 6) is 0.0717. The first kappa shape index (κ1) is 16.0. The fourth-order valence-corrected chi connectivity index (χ4v) is 2.62. The molecule has 0 spiro atoms. The van der Waals surface area contributed by atoms with E-state index in [2.05, 4.69) is 12.2 Å². The molecule has 1 saturated heterocycles. The monoisotopic (exact) mass is 268 g/mol. The standard InChI is InChI=1S/C15H28N2O2/c1-3-5-6-7-8-9-10-11-17-13(4-2)15(19)16-12-14(17)18/h13H,3-12H2,1-2H3,(H,16,19). The highest BCUT2D eigenvalue weighted by Gasteiger charge is 2.32. The van der Waals surface area contributed by atoms with Gasteiger partial charge in [-0.2, -0.15) is 0 Å². The molecular weight excluding hydrogens is 240 g/mol. The molecule has 4 nitrogen and oxygen atoms in total. The summed E-state index contributed by atoms with van der Waals surface area (Å²) in [4.78, 5) is 25.3. The van der Waals surface area contributed by atoms with Crippen LogP contribution in [0.5, 0.6) is 0 Å². The number of piperazine rings is 1. The van der Waals surface area contributed by atoms with E-state index >= 15 is 0 Å². The SMILES string of the molecule is CCCCCCCCCN1C(=O)CNC(=O)C1CC. The van der Waals surface area contributed by atoms with Gasteiger partial charge in [-0.15, -0.1) is 0 Å². The Kier molecular flexibility index (Phi) is 7.53. The van der Waals surface area contributed by atoms with Crippen molar-refractivity contribution in [2.45, 2.75) is 71.3 Å². The van der Waals surface area contributed by atoms with Crippen LogP contribution in [0.4, 0.5) is 0 Å². The molecule has 0 aromatic heterocycles. The minimum absolute atomic E-state index is 0.00467. The Bertz CT molecular complexity index is 292. The van der Waals surface area contributed by atoms with E-state index in [-0.39, 0.29) is 24.4 Å². The number of rotatable bonds is 9. The molecule has 1 rings (SSSR count). The van der Waals surface area contributed by atoms with E-state index in [1.165, 1.54) is 32.1 Å². The predicted octanol–water partition coefficient (Wildman–Crippen LogP) is 2.47. The normalized spacial score (nSPS) is 19.7. The second-order valence-corrected chi connectivity index (χ2v) is 5.35. The average Bonchev–Trinajstić information content (AvgIpc) is 2.41. The number of nitrogens with zero attached hydrogens (tertiary/aromatic N) is 1. The van der Waals surface area contributed by atoms with Crippen LogP contribution in [0.15, 0.2) is 0 Å². The van der Waals surface area contributed by atoms with E-state index in [9.17, 15) is 9.59 Å². The van der Waals surface area contributed by atoms with Crippen molar-refractivity contribution < 1.29 is 9.59 Å². The molecule has 1 unspecified atom stereocenters. The topological polar surface area (TPSA) is 49.4 Å². The van der Waals surface area contributed by atoms with Gasteiger partial charge in [0.1, 0.15) is 6.04 Å². The minimum Gasteiger partial charge on any atom is -0.345 e. The Hall–Kier alpha value is -1.06. The van der Waals surface area contributed by atoms with Crippen molar-refractivity contribution in [3.63, 3.8) is 0 Å². The molecule has 1 fully saturated rings. The van der Waals surface area contributed by atoms with Gasteiger partial charge in [-0.3, -0.25) is 9.59 Å². The fourth-order valence-electron chi connectivity index (χ4n) is 2.62. The largest absolute Gasteiger partial charge is 0.345 e. The van der Waals surface area contributed by atoms with Gasteiger partial charge in [0.25, 0.3) is 0 Å². The Morgan fingerprint density at radius 1 is 1.05 bits per heavy atom. The molecular formula is C15H28N2O2. The lowest BCUT2D eigenvalue weighted by Gasteiger charge is -2.34. The molecule has 1 atom stereocenters. The highest BCUT2D eigenvalue weighted by Crippen LogP contribution is 2.13. The van der Waals surface area contributed by atoms with Gasteiger partial charge in [0, 0.05) is 6.54 Å². The molecule has 1 aliphatic rings. The Morgan fingerprint density at radius 2 is 1.68 bits per heavy atom. The van der Waals surface area contributed by atoms with Crippen LogP contribution in [0.25, 0.3) is 0 Å². The molecule has 0 aromatic rings. The first-order chi connectivity index (χ1) is 9.20. The van der Waals surface area contributed by atoms with Crippen LogP contribution in [0.1, 0.15) is 65.2 Å². The second kappa shape index (κ2) is 8.94. The molecule has 1 N–H and O–H groups in total. The zero-order valence-electron chi connectivity index (χ0n) is 12.4. The molecule has 0 aromatic carbocycles. The lowest BCUT2D eigenvalue weighted by Crippen LogP contribution is -2.58. The highest BCUT2D eigenvalue weighted by molar-refractivity contribution is 5.94. The van der Waals surface area contributed by atoms with E-state index in [4.69, 9.17) is 0 Å². The maximum atomic E-state index is 11.8. The van der Waals surface area contributed by atoms with Gasteiger partial charge in [0.15, 0.2) is 0 Å². The summed E-state index contributed by atoms with van der Waals surface area (Å²) in [7, 11) is 0. The smallest absolute Gasteiger partial charge is 0.243 e. The van der Waals surface area contributed by atoms with Crippen molar-refractivity contribution in [3.8, 4) is 0 Å². The van der Waals surface area contributed by atoms with Crippen molar-refractivity contribution >= 4 is 11.8 Å². The third-order valence-corrected chi connectivity index (χ3v) is 3.80. The molecule has 1 heterocycles. The molecule has 0 aliphatic carbocycles. The second-order valence-electron chi connectivity index (χ2n) is 5.35. The summed E-state index contributed by atoms with van der Waals surface area (Å²) in [5, 5.41) is 2.66. The van der Waals surface area contributed by atoms with Gasteiger partial charge in [0.05, 0.1) is 6.54 Å². The minimum atomic E-state index is -0.249. The van der Waals surface area contributed by atoms with Crippen molar-refractivity contribution in [1.29, 1.82) is 0 Å². The van der Waals surface area contributed by atoms with Crippen LogP contribution in [0, 0.1) is 0 Å². The predicted molar refractivity (Wildman–Crippen MR) is 76.8 cm³/mol. The third kappa shape index (κ3) is 5.21. The van der Waals surface area contributed by atoms with Crippen molar-refractivity contribution in [3.05, 3.63) is 0 Å². The summed E-state index contributed by atoms with van der Waals surface area (Å²) in [6, 6.07) is -0.249. The summed E-state index contributed by atoms with van der Waals surface area (Å²) in [6.45, 7) is 5.09. The summed E-state index contributed by atoms with van der Waals surface area (Å²) >= 11 is 0. The van der Waals surface area contributed by atoms with Gasteiger partial charge < -0.3 is 10.2 Å². The fraction of sp³-hybridized carbons (Fsp3) is 0.867. The van der Waals surface area contributed by atoms with Gasteiger partial charge in [-0.05, 0) is 12.8 Å². The number of amides is 2. The Balaban J connectivity index is 2.22. The number of hydrogen-bond donors (Lipinski definition) is 1. The van der Waals surface area contributed by atoms with E-state index in [0.717, 1.165) is 19.4 Å². The lowest BCUT2D eigenvalue weighted by atomic mass is 10.1. The van der Waals surface area contributed by atoms with E-state index < -0.39 is 0 Å². The van der Waals surface area contributed by atoms with E-state index in [0.29, 0.717) is 6.42 Å².